The van der Waals surface area contributed by atoms with E-state index in [0.29, 0.717) is 24.0 Å². The molecule has 0 fully saturated rings. The van der Waals surface area contributed by atoms with Crippen LogP contribution in [0.1, 0.15) is 26.7 Å². The summed E-state index contributed by atoms with van der Waals surface area (Å²) in [5.74, 6) is 2.02. The number of nitrogens with two attached hydrogens (primary N) is 1. The van der Waals surface area contributed by atoms with Gasteiger partial charge in [-0.05, 0) is 24.5 Å². The third-order valence-corrected chi connectivity index (χ3v) is 2.49. The van der Waals surface area contributed by atoms with Gasteiger partial charge < -0.3 is 15.2 Å². The summed E-state index contributed by atoms with van der Waals surface area (Å²) >= 11 is 0. The summed E-state index contributed by atoms with van der Waals surface area (Å²) < 4.78 is 10.9. The molecule has 0 aromatic heterocycles. The predicted octanol–water partition coefficient (Wildman–Crippen LogP) is 3.09. The first-order chi connectivity index (χ1) is 7.67. The molecule has 3 nitrogen and oxygen atoms in total. The van der Waals surface area contributed by atoms with Gasteiger partial charge in [0.25, 0.3) is 0 Å². The van der Waals surface area contributed by atoms with Gasteiger partial charge in [-0.2, -0.15) is 0 Å². The third kappa shape index (κ3) is 3.65. The van der Waals surface area contributed by atoms with E-state index in [-0.39, 0.29) is 0 Å². The molecule has 16 heavy (non-hydrogen) atoms. The number of ether oxygens (including phenoxy) is 2. The maximum atomic E-state index is 5.72. The second kappa shape index (κ2) is 6.26. The van der Waals surface area contributed by atoms with Crippen molar-refractivity contribution in [2.75, 3.05) is 19.5 Å². The summed E-state index contributed by atoms with van der Waals surface area (Å²) in [6.07, 6.45) is 2.36. The SMILES string of the molecule is CCCC(C)COc1ccc(N)cc1OC. The van der Waals surface area contributed by atoms with Gasteiger partial charge in [0.1, 0.15) is 0 Å². The minimum Gasteiger partial charge on any atom is -0.493 e. The number of hydrogen-bond acceptors (Lipinski definition) is 3. The summed E-state index contributed by atoms with van der Waals surface area (Å²) in [5, 5.41) is 0. The lowest BCUT2D eigenvalue weighted by Gasteiger charge is -2.14. The predicted molar refractivity (Wildman–Crippen MR) is 67.0 cm³/mol. The lowest BCUT2D eigenvalue weighted by atomic mass is 10.1. The van der Waals surface area contributed by atoms with Gasteiger partial charge in [0.15, 0.2) is 11.5 Å². The molecule has 3 heteroatoms. The van der Waals surface area contributed by atoms with Gasteiger partial charge in [-0.15, -0.1) is 0 Å². The molecule has 2 N–H and O–H groups in total. The van der Waals surface area contributed by atoms with E-state index in [1.54, 1.807) is 13.2 Å². The van der Waals surface area contributed by atoms with Crippen LogP contribution in [0.2, 0.25) is 0 Å². The van der Waals surface area contributed by atoms with Crippen molar-refractivity contribution in [2.45, 2.75) is 26.7 Å². The molecule has 0 saturated heterocycles. The van der Waals surface area contributed by atoms with E-state index in [4.69, 9.17) is 15.2 Å². The first kappa shape index (κ1) is 12.7. The normalized spacial score (nSPS) is 12.2. The number of hydrogen-bond donors (Lipinski definition) is 1. The molecule has 0 saturated carbocycles. The second-order valence-electron chi connectivity index (χ2n) is 4.12. The van der Waals surface area contributed by atoms with E-state index >= 15 is 0 Å². The highest BCUT2D eigenvalue weighted by Crippen LogP contribution is 2.29. The smallest absolute Gasteiger partial charge is 0.162 e. The van der Waals surface area contributed by atoms with Crippen LogP contribution in [0, 0.1) is 5.92 Å². The summed E-state index contributed by atoms with van der Waals surface area (Å²) in [6, 6.07) is 5.45. The minimum atomic E-state index is 0.562. The topological polar surface area (TPSA) is 44.5 Å². The van der Waals surface area contributed by atoms with Crippen molar-refractivity contribution in [2.24, 2.45) is 5.92 Å². The molecule has 1 unspecified atom stereocenters. The standard InChI is InChI=1S/C13H21NO2/c1-4-5-10(2)9-16-12-7-6-11(14)8-13(12)15-3/h6-8,10H,4-5,9,14H2,1-3H3. The quantitative estimate of drug-likeness (QED) is 0.754. The van der Waals surface area contributed by atoms with E-state index in [1.807, 2.05) is 12.1 Å². The van der Waals surface area contributed by atoms with Crippen LogP contribution < -0.4 is 15.2 Å². The van der Waals surface area contributed by atoms with Crippen LogP contribution in [-0.2, 0) is 0 Å². The largest absolute Gasteiger partial charge is 0.493 e. The fourth-order valence-corrected chi connectivity index (χ4v) is 1.61. The van der Waals surface area contributed by atoms with E-state index in [0.717, 1.165) is 5.75 Å². The molecule has 0 heterocycles. The summed E-state index contributed by atoms with van der Waals surface area (Å²) in [6.45, 7) is 5.09. The van der Waals surface area contributed by atoms with Crippen molar-refractivity contribution >= 4 is 5.69 Å². The van der Waals surface area contributed by atoms with Crippen molar-refractivity contribution < 1.29 is 9.47 Å². The molecule has 0 aliphatic heterocycles. The van der Waals surface area contributed by atoms with Gasteiger partial charge in [0, 0.05) is 11.8 Å². The van der Waals surface area contributed by atoms with Crippen molar-refractivity contribution in [3.8, 4) is 11.5 Å². The van der Waals surface area contributed by atoms with Gasteiger partial charge >= 0.3 is 0 Å². The number of nitrogen functional groups attached to an aromatic ring is 1. The number of rotatable bonds is 6. The molecule has 0 aliphatic carbocycles. The van der Waals surface area contributed by atoms with Gasteiger partial charge in [0.05, 0.1) is 13.7 Å². The highest BCUT2D eigenvalue weighted by Gasteiger charge is 2.07. The van der Waals surface area contributed by atoms with Gasteiger partial charge in [-0.1, -0.05) is 20.3 Å². The molecule has 0 radical (unpaired) electrons. The van der Waals surface area contributed by atoms with E-state index < -0.39 is 0 Å². The van der Waals surface area contributed by atoms with Gasteiger partial charge in [-0.3, -0.25) is 0 Å². The average molecular weight is 223 g/mol. The molecule has 1 atom stereocenters. The van der Waals surface area contributed by atoms with Crippen molar-refractivity contribution in [1.82, 2.24) is 0 Å². The average Bonchev–Trinajstić information content (AvgIpc) is 2.27. The Balaban J connectivity index is 2.59. The van der Waals surface area contributed by atoms with Crippen LogP contribution in [0.5, 0.6) is 11.5 Å². The molecule has 1 rings (SSSR count). The minimum absolute atomic E-state index is 0.562. The molecule has 1 aromatic carbocycles. The Hall–Kier alpha value is -1.38. The molecule has 0 amide bonds. The Kier molecular flexibility index (Phi) is 4.96. The Morgan fingerprint density at radius 3 is 2.69 bits per heavy atom. The maximum Gasteiger partial charge on any atom is 0.162 e. The van der Waals surface area contributed by atoms with Crippen LogP contribution >= 0.6 is 0 Å². The first-order valence-corrected chi connectivity index (χ1v) is 5.73. The number of methoxy groups -OCH3 is 1. The van der Waals surface area contributed by atoms with Crippen LogP contribution in [0.4, 0.5) is 5.69 Å². The molecule has 90 valence electrons. The molecule has 0 aliphatic rings. The first-order valence-electron chi connectivity index (χ1n) is 5.73. The highest BCUT2D eigenvalue weighted by molar-refractivity contribution is 5.51. The van der Waals surface area contributed by atoms with Crippen molar-refractivity contribution in [3.05, 3.63) is 18.2 Å². The zero-order chi connectivity index (χ0) is 12.0. The lowest BCUT2D eigenvalue weighted by Crippen LogP contribution is -2.08. The summed E-state index contributed by atoms with van der Waals surface area (Å²) in [7, 11) is 1.62. The van der Waals surface area contributed by atoms with Crippen LogP contribution in [-0.4, -0.2) is 13.7 Å². The second-order valence-corrected chi connectivity index (χ2v) is 4.12. The Morgan fingerprint density at radius 2 is 2.06 bits per heavy atom. The Labute approximate surface area is 97.6 Å². The van der Waals surface area contributed by atoms with Crippen LogP contribution in [0.3, 0.4) is 0 Å². The molecular formula is C13H21NO2. The zero-order valence-corrected chi connectivity index (χ0v) is 10.3. The van der Waals surface area contributed by atoms with Gasteiger partial charge in [-0.25, -0.2) is 0 Å². The highest BCUT2D eigenvalue weighted by atomic mass is 16.5. The van der Waals surface area contributed by atoms with Crippen LogP contribution in [0.25, 0.3) is 0 Å². The summed E-state index contributed by atoms with van der Waals surface area (Å²) in [5.41, 5.74) is 6.36. The van der Waals surface area contributed by atoms with Crippen LogP contribution in [0.15, 0.2) is 18.2 Å². The molecule has 0 spiro atoms. The van der Waals surface area contributed by atoms with Crippen molar-refractivity contribution in [3.63, 3.8) is 0 Å². The maximum absolute atomic E-state index is 5.72. The van der Waals surface area contributed by atoms with Gasteiger partial charge in [0.2, 0.25) is 0 Å². The fraction of sp³-hybridized carbons (Fsp3) is 0.538. The molecule has 1 aromatic rings. The number of anilines is 1. The third-order valence-electron chi connectivity index (χ3n) is 2.49. The monoisotopic (exact) mass is 223 g/mol. The Morgan fingerprint density at radius 1 is 1.31 bits per heavy atom. The van der Waals surface area contributed by atoms with E-state index in [9.17, 15) is 0 Å². The van der Waals surface area contributed by atoms with Crippen molar-refractivity contribution in [1.29, 1.82) is 0 Å². The lowest BCUT2D eigenvalue weighted by molar-refractivity contribution is 0.240. The summed E-state index contributed by atoms with van der Waals surface area (Å²) in [4.78, 5) is 0. The fourth-order valence-electron chi connectivity index (χ4n) is 1.61. The molecular weight excluding hydrogens is 202 g/mol. The van der Waals surface area contributed by atoms with E-state index in [1.165, 1.54) is 12.8 Å². The molecule has 0 bridgehead atoms. The Bertz CT molecular complexity index is 326. The number of benzene rings is 1. The zero-order valence-electron chi connectivity index (χ0n) is 10.3. The van der Waals surface area contributed by atoms with E-state index in [2.05, 4.69) is 13.8 Å².